The van der Waals surface area contributed by atoms with Crippen molar-refractivity contribution in [3.05, 3.63) is 29.8 Å². The van der Waals surface area contributed by atoms with Gasteiger partial charge in [0.25, 0.3) is 0 Å². The first-order valence-electron chi connectivity index (χ1n) is 7.27. The van der Waals surface area contributed by atoms with Crippen molar-refractivity contribution in [2.24, 2.45) is 5.73 Å². The minimum absolute atomic E-state index is 0.237. The summed E-state index contributed by atoms with van der Waals surface area (Å²) >= 11 is 0. The number of sulfone groups is 1. The summed E-state index contributed by atoms with van der Waals surface area (Å²) in [5.74, 6) is 0. The molecule has 2 N–H and O–H groups in total. The van der Waals surface area contributed by atoms with Crippen LogP contribution in [0.3, 0.4) is 0 Å². The van der Waals surface area contributed by atoms with E-state index in [9.17, 15) is 8.42 Å². The number of nitrogens with two attached hydrogens (primary N) is 1. The van der Waals surface area contributed by atoms with Crippen LogP contribution < -0.4 is 5.73 Å². The van der Waals surface area contributed by atoms with E-state index in [4.69, 9.17) is 5.73 Å². The summed E-state index contributed by atoms with van der Waals surface area (Å²) in [7, 11) is -1.02. The second-order valence-corrected chi connectivity index (χ2v) is 7.92. The Morgan fingerprint density at radius 3 is 2.43 bits per heavy atom. The number of benzene rings is 1. The lowest BCUT2D eigenvalue weighted by atomic mass is 10.0. The lowest BCUT2D eigenvalue weighted by Crippen LogP contribution is -2.55. The summed E-state index contributed by atoms with van der Waals surface area (Å²) in [6.07, 6.45) is 1.23. The lowest BCUT2D eigenvalue weighted by Gasteiger charge is -2.43. The van der Waals surface area contributed by atoms with Crippen molar-refractivity contribution in [1.29, 1.82) is 0 Å². The highest BCUT2D eigenvalue weighted by Crippen LogP contribution is 2.25. The summed E-state index contributed by atoms with van der Waals surface area (Å²) in [5.41, 5.74) is 7.04. The van der Waals surface area contributed by atoms with E-state index in [2.05, 4.69) is 23.8 Å². The average molecular weight is 311 g/mol. The van der Waals surface area contributed by atoms with E-state index in [0.717, 1.165) is 25.2 Å². The molecule has 0 amide bonds. The van der Waals surface area contributed by atoms with Crippen LogP contribution >= 0.6 is 0 Å². The van der Waals surface area contributed by atoms with Crippen LogP contribution in [0.1, 0.15) is 18.5 Å². The van der Waals surface area contributed by atoms with Crippen molar-refractivity contribution < 1.29 is 8.42 Å². The Labute approximate surface area is 127 Å². The van der Waals surface area contributed by atoms with Crippen molar-refractivity contribution in [3.8, 4) is 0 Å². The fraction of sp³-hybridized carbons (Fsp3) is 0.600. The van der Waals surface area contributed by atoms with Crippen molar-refractivity contribution >= 4 is 9.84 Å². The molecule has 0 aromatic heterocycles. The molecule has 1 heterocycles. The van der Waals surface area contributed by atoms with E-state index in [1.54, 1.807) is 12.1 Å². The van der Waals surface area contributed by atoms with Gasteiger partial charge in [0.2, 0.25) is 0 Å². The highest BCUT2D eigenvalue weighted by molar-refractivity contribution is 7.90. The zero-order valence-corrected chi connectivity index (χ0v) is 13.8. The van der Waals surface area contributed by atoms with Gasteiger partial charge in [0, 0.05) is 44.5 Å². The SMILES string of the molecule is CC(c1ccc(S(C)(=O)=O)cc1)N1CCN(C)CC1CN. The molecule has 0 bridgehead atoms. The van der Waals surface area contributed by atoms with E-state index < -0.39 is 9.84 Å². The maximum absolute atomic E-state index is 11.5. The highest BCUT2D eigenvalue weighted by atomic mass is 32.2. The molecule has 118 valence electrons. The van der Waals surface area contributed by atoms with Crippen molar-refractivity contribution in [1.82, 2.24) is 9.80 Å². The summed E-state index contributed by atoms with van der Waals surface area (Å²) in [6.45, 7) is 5.78. The predicted octanol–water partition coefficient (Wildman–Crippen LogP) is 0.726. The molecule has 0 saturated carbocycles. The molecular weight excluding hydrogens is 286 g/mol. The van der Waals surface area contributed by atoms with Gasteiger partial charge in [-0.25, -0.2) is 8.42 Å². The Balaban J connectivity index is 2.17. The first kappa shape index (κ1) is 16.4. The first-order chi connectivity index (χ1) is 9.82. The third kappa shape index (κ3) is 3.83. The van der Waals surface area contributed by atoms with Crippen LogP contribution in [-0.2, 0) is 9.84 Å². The van der Waals surface area contributed by atoms with E-state index in [1.165, 1.54) is 6.26 Å². The molecule has 1 aliphatic rings. The zero-order chi connectivity index (χ0) is 15.6. The number of hydrogen-bond donors (Lipinski definition) is 1. The van der Waals surface area contributed by atoms with Gasteiger partial charge in [0.05, 0.1) is 4.90 Å². The minimum atomic E-state index is -3.13. The molecule has 0 aliphatic carbocycles. The van der Waals surface area contributed by atoms with Crippen LogP contribution in [0.15, 0.2) is 29.2 Å². The molecule has 2 rings (SSSR count). The number of piperazine rings is 1. The van der Waals surface area contributed by atoms with Crippen LogP contribution in [0.25, 0.3) is 0 Å². The molecule has 0 radical (unpaired) electrons. The molecule has 6 heteroatoms. The van der Waals surface area contributed by atoms with Gasteiger partial charge in [0.15, 0.2) is 9.84 Å². The molecular formula is C15H25N3O2S. The Morgan fingerprint density at radius 1 is 1.29 bits per heavy atom. The van der Waals surface area contributed by atoms with Crippen LogP contribution in [0, 0.1) is 0 Å². The molecule has 2 unspecified atom stereocenters. The molecule has 1 aromatic rings. The van der Waals surface area contributed by atoms with Crippen LogP contribution in [-0.4, -0.2) is 63.7 Å². The Morgan fingerprint density at radius 2 is 1.90 bits per heavy atom. The van der Waals surface area contributed by atoms with E-state index >= 15 is 0 Å². The smallest absolute Gasteiger partial charge is 0.175 e. The van der Waals surface area contributed by atoms with Crippen molar-refractivity contribution in [2.75, 3.05) is 39.5 Å². The summed E-state index contributed by atoms with van der Waals surface area (Å²) in [4.78, 5) is 5.08. The summed E-state index contributed by atoms with van der Waals surface area (Å²) in [5, 5.41) is 0. The van der Waals surface area contributed by atoms with Gasteiger partial charge in [-0.2, -0.15) is 0 Å². The zero-order valence-electron chi connectivity index (χ0n) is 13.0. The minimum Gasteiger partial charge on any atom is -0.329 e. The average Bonchev–Trinajstić information content (AvgIpc) is 2.45. The molecule has 0 spiro atoms. The van der Waals surface area contributed by atoms with Crippen LogP contribution in [0.4, 0.5) is 0 Å². The monoisotopic (exact) mass is 311 g/mol. The number of likely N-dealkylation sites (N-methyl/N-ethyl adjacent to an activating group) is 1. The Hall–Kier alpha value is -0.950. The van der Waals surface area contributed by atoms with E-state index in [1.807, 2.05) is 12.1 Å². The van der Waals surface area contributed by atoms with E-state index in [0.29, 0.717) is 17.5 Å². The normalized spacial score (nSPS) is 23.1. The maximum Gasteiger partial charge on any atom is 0.175 e. The van der Waals surface area contributed by atoms with Crippen LogP contribution in [0.2, 0.25) is 0 Å². The Bertz CT molecular complexity index is 571. The number of nitrogens with zero attached hydrogens (tertiary/aromatic N) is 2. The van der Waals surface area contributed by atoms with Gasteiger partial charge in [-0.05, 0) is 31.7 Å². The fourth-order valence-electron chi connectivity index (χ4n) is 2.93. The summed E-state index contributed by atoms with van der Waals surface area (Å²) in [6, 6.07) is 7.78. The largest absolute Gasteiger partial charge is 0.329 e. The fourth-order valence-corrected chi connectivity index (χ4v) is 3.56. The van der Waals surface area contributed by atoms with Gasteiger partial charge in [-0.15, -0.1) is 0 Å². The van der Waals surface area contributed by atoms with Crippen molar-refractivity contribution in [3.63, 3.8) is 0 Å². The highest BCUT2D eigenvalue weighted by Gasteiger charge is 2.28. The number of hydrogen-bond acceptors (Lipinski definition) is 5. The van der Waals surface area contributed by atoms with Crippen molar-refractivity contribution in [2.45, 2.75) is 23.9 Å². The summed E-state index contributed by atoms with van der Waals surface area (Å²) < 4.78 is 23.0. The third-order valence-electron chi connectivity index (χ3n) is 4.29. The van der Waals surface area contributed by atoms with Gasteiger partial charge in [0.1, 0.15) is 0 Å². The Kier molecular flexibility index (Phi) is 5.03. The predicted molar refractivity (Wildman–Crippen MR) is 85.0 cm³/mol. The molecule has 21 heavy (non-hydrogen) atoms. The second-order valence-electron chi connectivity index (χ2n) is 5.91. The molecule has 2 atom stereocenters. The molecule has 1 aromatic carbocycles. The quantitative estimate of drug-likeness (QED) is 0.888. The van der Waals surface area contributed by atoms with Crippen LogP contribution in [0.5, 0.6) is 0 Å². The van der Waals surface area contributed by atoms with Gasteiger partial charge >= 0.3 is 0 Å². The molecule has 1 fully saturated rings. The molecule has 1 saturated heterocycles. The number of rotatable bonds is 4. The topological polar surface area (TPSA) is 66.6 Å². The molecule has 5 nitrogen and oxygen atoms in total. The maximum atomic E-state index is 11.5. The first-order valence-corrected chi connectivity index (χ1v) is 9.16. The van der Waals surface area contributed by atoms with E-state index in [-0.39, 0.29) is 6.04 Å². The lowest BCUT2D eigenvalue weighted by molar-refractivity contribution is 0.0621. The van der Waals surface area contributed by atoms with Gasteiger partial charge in [-0.1, -0.05) is 12.1 Å². The molecule has 1 aliphatic heterocycles. The third-order valence-corrected chi connectivity index (χ3v) is 5.42. The van der Waals surface area contributed by atoms with Gasteiger partial charge < -0.3 is 10.6 Å². The van der Waals surface area contributed by atoms with Gasteiger partial charge in [-0.3, -0.25) is 4.90 Å². The second kappa shape index (κ2) is 6.44. The standard InChI is InChI=1S/C15H25N3O2S/c1-12(18-9-8-17(2)11-14(18)10-16)13-4-6-15(7-5-13)21(3,19)20/h4-7,12,14H,8-11,16H2,1-3H3.